The van der Waals surface area contributed by atoms with E-state index in [9.17, 15) is 4.79 Å². The van der Waals surface area contributed by atoms with Gasteiger partial charge < -0.3 is 11.1 Å². The molecule has 0 saturated carbocycles. The van der Waals surface area contributed by atoms with E-state index < -0.39 is 0 Å². The van der Waals surface area contributed by atoms with Gasteiger partial charge in [-0.25, -0.2) is 0 Å². The Morgan fingerprint density at radius 1 is 1.41 bits per heavy atom. The zero-order chi connectivity index (χ0) is 11.4. The predicted octanol–water partition coefficient (Wildman–Crippen LogP) is 1.06. The minimum Gasteiger partial charge on any atom is -0.351 e. The molecule has 0 radical (unpaired) electrons. The van der Waals surface area contributed by atoms with Crippen molar-refractivity contribution in [2.45, 2.75) is 6.42 Å². The van der Waals surface area contributed by atoms with Crippen LogP contribution in [-0.4, -0.2) is 29.2 Å². The summed E-state index contributed by atoms with van der Waals surface area (Å²) in [4.78, 5) is 11.8. The van der Waals surface area contributed by atoms with Crippen molar-refractivity contribution in [2.24, 2.45) is 5.73 Å². The predicted molar refractivity (Wildman–Crippen MR) is 69.3 cm³/mol. The van der Waals surface area contributed by atoms with Crippen molar-refractivity contribution in [1.82, 2.24) is 15.5 Å². The van der Waals surface area contributed by atoms with Gasteiger partial charge in [0.2, 0.25) is 0 Å². The van der Waals surface area contributed by atoms with E-state index in [2.05, 4.69) is 15.5 Å². The van der Waals surface area contributed by atoms with Crippen molar-refractivity contribution >= 4 is 29.2 Å². The van der Waals surface area contributed by atoms with Gasteiger partial charge >= 0.3 is 0 Å². The number of amides is 1. The van der Waals surface area contributed by atoms with Crippen LogP contribution in [0.15, 0.2) is 24.3 Å². The molecule has 92 valence electrons. The molecule has 0 bridgehead atoms. The number of benzene rings is 1. The Kier molecular flexibility index (Phi) is 4.93. The number of fused-ring (bicyclic) bond motifs is 1. The lowest BCUT2D eigenvalue weighted by Crippen LogP contribution is -2.26. The molecule has 0 aliphatic carbocycles. The standard InChI is InChI=1S/C11H14N4O.ClH/c12-6-3-7-13-11(16)10-8-4-1-2-5-9(8)14-15-10;/h1-2,4-5H,3,6-7,12H2,(H,13,16)(H,14,15);1H. The highest BCUT2D eigenvalue weighted by molar-refractivity contribution is 6.04. The van der Waals surface area contributed by atoms with Gasteiger partial charge in [0.15, 0.2) is 5.69 Å². The fourth-order valence-corrected chi connectivity index (χ4v) is 1.52. The minimum atomic E-state index is -0.161. The number of halogens is 1. The largest absolute Gasteiger partial charge is 0.351 e. The van der Waals surface area contributed by atoms with Crippen LogP contribution >= 0.6 is 12.4 Å². The Morgan fingerprint density at radius 3 is 2.94 bits per heavy atom. The first-order chi connectivity index (χ1) is 7.83. The number of nitrogens with two attached hydrogens (primary N) is 1. The Morgan fingerprint density at radius 2 is 2.18 bits per heavy atom. The van der Waals surface area contributed by atoms with E-state index >= 15 is 0 Å². The van der Waals surface area contributed by atoms with Crippen LogP contribution in [0.5, 0.6) is 0 Å². The number of H-pyrrole nitrogens is 1. The van der Waals surface area contributed by atoms with Crippen LogP contribution in [0.1, 0.15) is 16.9 Å². The summed E-state index contributed by atoms with van der Waals surface area (Å²) in [6.45, 7) is 1.15. The maximum atomic E-state index is 11.8. The maximum absolute atomic E-state index is 11.8. The van der Waals surface area contributed by atoms with Crippen LogP contribution in [0, 0.1) is 0 Å². The Bertz CT molecular complexity index is 497. The van der Waals surface area contributed by atoms with Crippen LogP contribution in [-0.2, 0) is 0 Å². The molecule has 5 nitrogen and oxygen atoms in total. The lowest BCUT2D eigenvalue weighted by molar-refractivity contribution is 0.0950. The summed E-state index contributed by atoms with van der Waals surface area (Å²) in [7, 11) is 0. The fourth-order valence-electron chi connectivity index (χ4n) is 1.52. The monoisotopic (exact) mass is 254 g/mol. The molecule has 0 saturated heterocycles. The van der Waals surface area contributed by atoms with Gasteiger partial charge in [0.05, 0.1) is 5.52 Å². The van der Waals surface area contributed by atoms with E-state index in [0.29, 0.717) is 18.8 Å². The van der Waals surface area contributed by atoms with E-state index in [1.807, 2.05) is 24.3 Å². The number of aromatic nitrogens is 2. The first-order valence-corrected chi connectivity index (χ1v) is 5.24. The van der Waals surface area contributed by atoms with Crippen molar-refractivity contribution in [1.29, 1.82) is 0 Å². The molecule has 2 rings (SSSR count). The van der Waals surface area contributed by atoms with Gasteiger partial charge in [-0.1, -0.05) is 18.2 Å². The molecule has 0 aliphatic heterocycles. The molecular weight excluding hydrogens is 240 g/mol. The van der Waals surface area contributed by atoms with E-state index in [1.54, 1.807) is 0 Å². The summed E-state index contributed by atoms with van der Waals surface area (Å²) in [6, 6.07) is 7.54. The van der Waals surface area contributed by atoms with Crippen LogP contribution in [0.25, 0.3) is 10.9 Å². The third-order valence-corrected chi connectivity index (χ3v) is 2.35. The molecule has 0 aliphatic rings. The molecule has 0 fully saturated rings. The molecule has 1 heterocycles. The summed E-state index contributed by atoms with van der Waals surface area (Å²) < 4.78 is 0. The second kappa shape index (κ2) is 6.22. The van der Waals surface area contributed by atoms with Crippen molar-refractivity contribution < 1.29 is 4.79 Å². The molecule has 2 aromatic rings. The molecule has 1 aromatic heterocycles. The van der Waals surface area contributed by atoms with Crippen LogP contribution < -0.4 is 11.1 Å². The Labute approximate surface area is 105 Å². The molecule has 6 heteroatoms. The number of hydrogen-bond acceptors (Lipinski definition) is 3. The van der Waals surface area contributed by atoms with E-state index in [1.165, 1.54) is 0 Å². The lowest BCUT2D eigenvalue weighted by atomic mass is 10.2. The second-order valence-electron chi connectivity index (χ2n) is 3.52. The number of rotatable bonds is 4. The number of hydrogen-bond donors (Lipinski definition) is 3. The van der Waals surface area contributed by atoms with Crippen molar-refractivity contribution in [3.8, 4) is 0 Å². The lowest BCUT2D eigenvalue weighted by Gasteiger charge is -2.01. The Balaban J connectivity index is 0.00000144. The van der Waals surface area contributed by atoms with Gasteiger partial charge in [0.25, 0.3) is 5.91 Å². The molecule has 0 unspecified atom stereocenters. The van der Waals surface area contributed by atoms with Gasteiger partial charge in [-0.15, -0.1) is 12.4 Å². The SMILES string of the molecule is Cl.NCCCNC(=O)c1n[nH]c2ccccc12. The maximum Gasteiger partial charge on any atom is 0.272 e. The summed E-state index contributed by atoms with van der Waals surface area (Å²) in [6.07, 6.45) is 0.772. The number of nitrogens with zero attached hydrogens (tertiary/aromatic N) is 1. The zero-order valence-corrected chi connectivity index (χ0v) is 10.1. The number of aromatic amines is 1. The highest BCUT2D eigenvalue weighted by atomic mass is 35.5. The highest BCUT2D eigenvalue weighted by Crippen LogP contribution is 2.14. The third-order valence-electron chi connectivity index (χ3n) is 2.35. The van der Waals surface area contributed by atoms with Gasteiger partial charge in [0, 0.05) is 11.9 Å². The summed E-state index contributed by atoms with van der Waals surface area (Å²) in [5.74, 6) is -0.161. The summed E-state index contributed by atoms with van der Waals surface area (Å²) >= 11 is 0. The molecule has 0 spiro atoms. The minimum absolute atomic E-state index is 0. The molecular formula is C11H15ClN4O. The third kappa shape index (κ3) is 2.95. The average molecular weight is 255 g/mol. The molecule has 1 aromatic carbocycles. The van der Waals surface area contributed by atoms with Gasteiger partial charge in [-0.3, -0.25) is 9.89 Å². The average Bonchev–Trinajstić information content (AvgIpc) is 2.73. The van der Waals surface area contributed by atoms with E-state index in [0.717, 1.165) is 17.3 Å². The first kappa shape index (κ1) is 13.5. The summed E-state index contributed by atoms with van der Waals surface area (Å²) in [5, 5.41) is 10.4. The van der Waals surface area contributed by atoms with Crippen molar-refractivity contribution in [3.05, 3.63) is 30.0 Å². The first-order valence-electron chi connectivity index (χ1n) is 5.24. The Hall–Kier alpha value is -1.59. The molecule has 17 heavy (non-hydrogen) atoms. The number of carbonyl (C=O) groups excluding carboxylic acids is 1. The smallest absolute Gasteiger partial charge is 0.272 e. The molecule has 4 N–H and O–H groups in total. The topological polar surface area (TPSA) is 83.8 Å². The molecule has 1 amide bonds. The summed E-state index contributed by atoms with van der Waals surface area (Å²) in [5.41, 5.74) is 6.66. The van der Waals surface area contributed by atoms with Crippen LogP contribution in [0.3, 0.4) is 0 Å². The number of nitrogens with one attached hydrogen (secondary N) is 2. The second-order valence-corrected chi connectivity index (χ2v) is 3.52. The molecule has 0 atom stereocenters. The van der Waals surface area contributed by atoms with Crippen molar-refractivity contribution in [2.75, 3.05) is 13.1 Å². The van der Waals surface area contributed by atoms with E-state index in [-0.39, 0.29) is 18.3 Å². The highest BCUT2D eigenvalue weighted by Gasteiger charge is 2.12. The zero-order valence-electron chi connectivity index (χ0n) is 9.27. The van der Waals surface area contributed by atoms with Crippen molar-refractivity contribution in [3.63, 3.8) is 0 Å². The normalized spacial score (nSPS) is 9.94. The fraction of sp³-hybridized carbons (Fsp3) is 0.273. The number of para-hydroxylation sites is 1. The van der Waals surface area contributed by atoms with E-state index in [4.69, 9.17) is 5.73 Å². The van der Waals surface area contributed by atoms with Gasteiger partial charge in [-0.2, -0.15) is 5.10 Å². The number of carbonyl (C=O) groups is 1. The van der Waals surface area contributed by atoms with Crippen LogP contribution in [0.2, 0.25) is 0 Å². The quantitative estimate of drug-likeness (QED) is 0.714. The van der Waals surface area contributed by atoms with Crippen LogP contribution in [0.4, 0.5) is 0 Å². The van der Waals surface area contributed by atoms with Gasteiger partial charge in [0.1, 0.15) is 0 Å². The van der Waals surface area contributed by atoms with Gasteiger partial charge in [-0.05, 0) is 19.0 Å².